The molecule has 0 aliphatic heterocycles. The Bertz CT molecular complexity index is 385. The summed E-state index contributed by atoms with van der Waals surface area (Å²) in [5.41, 5.74) is -0.971. The van der Waals surface area contributed by atoms with Crippen LogP contribution in [0.5, 0.6) is 0 Å². The molecule has 0 aliphatic carbocycles. The number of amides is 1. The number of alkyl halides is 2. The average molecular weight is 353 g/mol. The summed E-state index contributed by atoms with van der Waals surface area (Å²) in [6.45, 7) is 3.26. The van der Waals surface area contributed by atoms with Crippen LogP contribution in [-0.4, -0.2) is 21.0 Å². The molecule has 0 radical (unpaired) electrons. The summed E-state index contributed by atoms with van der Waals surface area (Å²) in [7, 11) is 0. The van der Waals surface area contributed by atoms with Crippen molar-refractivity contribution >= 4 is 43.6 Å². The van der Waals surface area contributed by atoms with E-state index < -0.39 is 15.2 Å². The zero-order valence-corrected chi connectivity index (χ0v) is 12.0. The minimum absolute atomic E-state index is 0.174. The molecule has 1 aromatic rings. The fraction of sp³-hybridized carbons (Fsp3) is 0.400. The molecule has 1 N–H and O–H groups in total. The Morgan fingerprint density at radius 2 is 2.06 bits per heavy atom. The van der Waals surface area contributed by atoms with Gasteiger partial charge in [-0.15, -0.1) is 0 Å². The molecule has 0 aromatic carbocycles. The first kappa shape index (κ1) is 13.4. The molecule has 0 fully saturated rings. The molecule has 0 saturated carbocycles. The molecule has 0 spiro atoms. The summed E-state index contributed by atoms with van der Waals surface area (Å²) in [5.74, 6) is -0.405. The smallest absolute Gasteiger partial charge is 0.287 e. The van der Waals surface area contributed by atoms with Gasteiger partial charge in [-0.3, -0.25) is 9.59 Å². The third-order valence-electron chi connectivity index (χ3n) is 1.99. The first-order valence-electron chi connectivity index (χ1n) is 4.53. The summed E-state index contributed by atoms with van der Waals surface area (Å²) in [6, 6.07) is 3.15. The average Bonchev–Trinajstić information content (AvgIpc) is 2.68. The molecule has 6 heteroatoms. The van der Waals surface area contributed by atoms with Gasteiger partial charge in [0.2, 0.25) is 0 Å². The van der Waals surface area contributed by atoms with Gasteiger partial charge in [-0.1, -0.05) is 31.9 Å². The zero-order chi connectivity index (χ0) is 12.3. The van der Waals surface area contributed by atoms with Gasteiger partial charge in [0.05, 0.1) is 11.8 Å². The second-order valence-corrected chi connectivity index (χ2v) is 6.78. The second-order valence-electron chi connectivity index (χ2n) is 3.72. The molecule has 4 nitrogen and oxygen atoms in total. The molecule has 1 aromatic heterocycles. The molecule has 0 aliphatic rings. The maximum absolute atomic E-state index is 11.7. The van der Waals surface area contributed by atoms with Gasteiger partial charge in [0.1, 0.15) is 3.74 Å². The largest absolute Gasteiger partial charge is 0.459 e. The first-order chi connectivity index (χ1) is 7.34. The minimum Gasteiger partial charge on any atom is -0.459 e. The van der Waals surface area contributed by atoms with Gasteiger partial charge in [0.25, 0.3) is 5.91 Å². The maximum atomic E-state index is 11.7. The summed E-state index contributed by atoms with van der Waals surface area (Å²) in [4.78, 5) is 23.4. The van der Waals surface area contributed by atoms with Gasteiger partial charge in [0.15, 0.2) is 11.5 Å². The second kappa shape index (κ2) is 5.14. The van der Waals surface area contributed by atoms with Crippen LogP contribution in [0.25, 0.3) is 0 Å². The van der Waals surface area contributed by atoms with Gasteiger partial charge in [-0.05, 0) is 26.0 Å². The van der Waals surface area contributed by atoms with Crippen LogP contribution >= 0.6 is 31.9 Å². The van der Waals surface area contributed by atoms with Crippen LogP contribution in [0.3, 0.4) is 0 Å². The lowest BCUT2D eigenvalue weighted by Gasteiger charge is -2.24. The van der Waals surface area contributed by atoms with Gasteiger partial charge < -0.3 is 9.73 Å². The molecule has 1 heterocycles. The van der Waals surface area contributed by atoms with Crippen LogP contribution in [0.15, 0.2) is 22.8 Å². The molecule has 88 valence electrons. The lowest BCUT2D eigenvalue weighted by atomic mass is 10.0. The van der Waals surface area contributed by atoms with Crippen LogP contribution in [0.1, 0.15) is 24.4 Å². The standard InChI is InChI=1S/C10H11Br2NO3/c1-10(2,7(14)8(11)12)13-9(15)6-4-3-5-16-6/h3-5,8H,1-2H3,(H,13,15). The van der Waals surface area contributed by atoms with Gasteiger partial charge in [-0.2, -0.15) is 0 Å². The van der Waals surface area contributed by atoms with Crippen molar-refractivity contribution in [1.29, 1.82) is 0 Å². The SMILES string of the molecule is CC(C)(NC(=O)c1ccco1)C(=O)C(Br)Br. The fourth-order valence-electron chi connectivity index (χ4n) is 1.09. The van der Waals surface area contributed by atoms with E-state index in [0.717, 1.165) is 0 Å². The topological polar surface area (TPSA) is 59.3 Å². The van der Waals surface area contributed by atoms with Crippen LogP contribution < -0.4 is 5.32 Å². The highest BCUT2D eigenvalue weighted by atomic mass is 79.9. The number of furan rings is 1. The van der Waals surface area contributed by atoms with Crippen molar-refractivity contribution in [3.05, 3.63) is 24.2 Å². The van der Waals surface area contributed by atoms with E-state index in [1.165, 1.54) is 12.3 Å². The van der Waals surface area contributed by atoms with E-state index in [-0.39, 0.29) is 11.5 Å². The molecular formula is C10H11Br2NO3. The van der Waals surface area contributed by atoms with Gasteiger partial charge in [0, 0.05) is 0 Å². The van der Waals surface area contributed by atoms with Crippen molar-refractivity contribution in [2.45, 2.75) is 23.1 Å². The zero-order valence-electron chi connectivity index (χ0n) is 8.79. The molecule has 1 rings (SSSR count). The Labute approximate surface area is 110 Å². The van der Waals surface area contributed by atoms with Crippen molar-refractivity contribution < 1.29 is 14.0 Å². The first-order valence-corrected chi connectivity index (χ1v) is 6.36. The van der Waals surface area contributed by atoms with E-state index in [1.54, 1.807) is 19.9 Å². The number of ketones is 1. The Morgan fingerprint density at radius 1 is 1.44 bits per heavy atom. The summed E-state index contributed by atoms with van der Waals surface area (Å²) >= 11 is 6.21. The Kier molecular flexibility index (Phi) is 4.32. The van der Waals surface area contributed by atoms with E-state index in [9.17, 15) is 9.59 Å². The van der Waals surface area contributed by atoms with Crippen molar-refractivity contribution in [1.82, 2.24) is 5.32 Å². The van der Waals surface area contributed by atoms with Crippen molar-refractivity contribution in [3.8, 4) is 0 Å². The highest BCUT2D eigenvalue weighted by molar-refractivity contribution is 9.25. The molecule has 1 amide bonds. The Balaban J connectivity index is 2.73. The minimum atomic E-state index is -0.971. The monoisotopic (exact) mass is 351 g/mol. The van der Waals surface area contributed by atoms with Crippen molar-refractivity contribution in [3.63, 3.8) is 0 Å². The molecular weight excluding hydrogens is 342 g/mol. The van der Waals surface area contributed by atoms with E-state index >= 15 is 0 Å². The summed E-state index contributed by atoms with van der Waals surface area (Å²) in [6.07, 6.45) is 1.40. The number of carbonyl (C=O) groups excluding carboxylic acids is 2. The third-order valence-corrected chi connectivity index (χ3v) is 2.82. The summed E-state index contributed by atoms with van der Waals surface area (Å²) < 4.78 is 4.44. The van der Waals surface area contributed by atoms with Crippen LogP contribution in [-0.2, 0) is 4.79 Å². The number of halogens is 2. The van der Waals surface area contributed by atoms with E-state index in [1.807, 2.05) is 0 Å². The van der Waals surface area contributed by atoms with Gasteiger partial charge >= 0.3 is 0 Å². The number of hydrogen-bond donors (Lipinski definition) is 1. The normalized spacial score (nSPS) is 11.6. The van der Waals surface area contributed by atoms with Crippen molar-refractivity contribution in [2.24, 2.45) is 0 Å². The lowest BCUT2D eigenvalue weighted by molar-refractivity contribution is -0.121. The maximum Gasteiger partial charge on any atom is 0.287 e. The van der Waals surface area contributed by atoms with E-state index in [2.05, 4.69) is 37.2 Å². The Morgan fingerprint density at radius 3 is 2.50 bits per heavy atom. The third kappa shape index (κ3) is 3.18. The number of rotatable bonds is 4. The predicted octanol–water partition coefficient (Wildman–Crippen LogP) is 2.47. The molecule has 16 heavy (non-hydrogen) atoms. The highest BCUT2D eigenvalue weighted by Gasteiger charge is 2.33. The van der Waals surface area contributed by atoms with Crippen LogP contribution in [0, 0.1) is 0 Å². The number of Topliss-reactive ketones (excluding diaryl/α,β-unsaturated/α-hetero) is 1. The molecule has 0 saturated heterocycles. The Hall–Kier alpha value is -0.620. The quantitative estimate of drug-likeness (QED) is 0.847. The molecule has 0 bridgehead atoms. The predicted molar refractivity (Wildman–Crippen MR) is 66.9 cm³/mol. The highest BCUT2D eigenvalue weighted by Crippen LogP contribution is 2.18. The lowest BCUT2D eigenvalue weighted by Crippen LogP contribution is -2.51. The van der Waals surface area contributed by atoms with Crippen molar-refractivity contribution in [2.75, 3.05) is 0 Å². The van der Waals surface area contributed by atoms with Crippen LogP contribution in [0.4, 0.5) is 0 Å². The fourth-order valence-corrected chi connectivity index (χ4v) is 2.23. The van der Waals surface area contributed by atoms with E-state index in [4.69, 9.17) is 4.42 Å². The molecule has 0 unspecified atom stereocenters. The summed E-state index contributed by atoms with van der Waals surface area (Å²) in [5, 5.41) is 2.60. The van der Waals surface area contributed by atoms with E-state index in [0.29, 0.717) is 0 Å². The van der Waals surface area contributed by atoms with Gasteiger partial charge in [-0.25, -0.2) is 0 Å². The number of carbonyl (C=O) groups is 2. The molecule has 0 atom stereocenters. The number of nitrogens with one attached hydrogen (secondary N) is 1. The number of hydrogen-bond acceptors (Lipinski definition) is 3. The van der Waals surface area contributed by atoms with Crippen LogP contribution in [0.2, 0.25) is 0 Å².